The van der Waals surface area contributed by atoms with Gasteiger partial charge in [0.25, 0.3) is 11.8 Å². The zero-order valence-corrected chi connectivity index (χ0v) is 13.4. The number of nitrogens with two attached hydrogens (primary N) is 1. The van der Waals surface area contributed by atoms with Gasteiger partial charge in [-0.3, -0.25) is 9.59 Å². The maximum Gasteiger partial charge on any atom is 0.274 e. The lowest BCUT2D eigenvalue weighted by Crippen LogP contribution is -2.18. The molecule has 5 nitrogen and oxygen atoms in total. The van der Waals surface area contributed by atoms with E-state index in [-0.39, 0.29) is 5.91 Å². The highest BCUT2D eigenvalue weighted by molar-refractivity contribution is 9.10. The van der Waals surface area contributed by atoms with Gasteiger partial charge < -0.3 is 11.1 Å². The molecular formula is C14H12BrN3O2S. The third kappa shape index (κ3) is 2.71. The molecule has 21 heavy (non-hydrogen) atoms. The summed E-state index contributed by atoms with van der Waals surface area (Å²) in [5, 5.41) is 3.29. The highest BCUT2D eigenvalue weighted by Crippen LogP contribution is 2.38. The molecule has 0 unspecified atom stereocenters. The second-order valence-corrected chi connectivity index (χ2v) is 6.76. The van der Waals surface area contributed by atoms with Gasteiger partial charge in [-0.25, -0.2) is 4.98 Å². The number of amides is 2. The van der Waals surface area contributed by atoms with Crippen LogP contribution in [-0.2, 0) is 12.8 Å². The van der Waals surface area contributed by atoms with Gasteiger partial charge in [0, 0.05) is 15.5 Å². The molecule has 0 spiro atoms. The van der Waals surface area contributed by atoms with E-state index in [2.05, 4.69) is 26.2 Å². The summed E-state index contributed by atoms with van der Waals surface area (Å²) >= 11 is 4.70. The van der Waals surface area contributed by atoms with Crippen LogP contribution in [0.15, 0.2) is 22.8 Å². The summed E-state index contributed by atoms with van der Waals surface area (Å²) in [7, 11) is 0. The van der Waals surface area contributed by atoms with Crippen LogP contribution in [0.1, 0.15) is 37.7 Å². The monoisotopic (exact) mass is 365 g/mol. The molecule has 0 bridgehead atoms. The molecule has 3 N–H and O–H groups in total. The van der Waals surface area contributed by atoms with Crippen LogP contribution in [0, 0.1) is 0 Å². The molecule has 3 rings (SSSR count). The first-order valence-corrected chi connectivity index (χ1v) is 8.04. The van der Waals surface area contributed by atoms with Crippen molar-refractivity contribution in [2.45, 2.75) is 19.3 Å². The first kappa shape index (κ1) is 14.2. The maximum atomic E-state index is 12.2. The van der Waals surface area contributed by atoms with Crippen LogP contribution in [0.3, 0.4) is 0 Å². The number of halogens is 1. The van der Waals surface area contributed by atoms with E-state index in [0.29, 0.717) is 16.3 Å². The normalized spacial score (nSPS) is 13.0. The lowest BCUT2D eigenvalue weighted by atomic mass is 10.1. The van der Waals surface area contributed by atoms with Gasteiger partial charge in [0.2, 0.25) is 0 Å². The van der Waals surface area contributed by atoms with Gasteiger partial charge in [-0.2, -0.15) is 0 Å². The first-order chi connectivity index (χ1) is 10.1. The molecule has 0 fully saturated rings. The van der Waals surface area contributed by atoms with Gasteiger partial charge in [0.1, 0.15) is 10.7 Å². The minimum Gasteiger partial charge on any atom is -0.365 e. The summed E-state index contributed by atoms with van der Waals surface area (Å²) in [6.45, 7) is 0. The second-order valence-electron chi connectivity index (χ2n) is 4.74. The maximum absolute atomic E-state index is 12.2. The van der Waals surface area contributed by atoms with E-state index in [1.807, 2.05) is 0 Å². The fourth-order valence-corrected chi connectivity index (χ4v) is 3.95. The van der Waals surface area contributed by atoms with Crippen molar-refractivity contribution in [1.29, 1.82) is 0 Å². The van der Waals surface area contributed by atoms with Crippen LogP contribution in [-0.4, -0.2) is 16.8 Å². The molecule has 0 radical (unpaired) electrons. The first-order valence-electron chi connectivity index (χ1n) is 6.43. The minimum atomic E-state index is -0.492. The molecule has 0 saturated carbocycles. The molecule has 2 heterocycles. The molecule has 0 atom stereocenters. The second kappa shape index (κ2) is 5.57. The molecule has 108 valence electrons. The Hall–Kier alpha value is -1.73. The third-order valence-electron chi connectivity index (χ3n) is 3.35. The quantitative estimate of drug-likeness (QED) is 0.876. The SMILES string of the molecule is NC(=O)c1c(NC(=O)c2ccc(Br)cn2)sc2c1CCC2. The Bertz CT molecular complexity index is 725. The summed E-state index contributed by atoms with van der Waals surface area (Å²) < 4.78 is 0.798. The number of nitrogens with one attached hydrogen (secondary N) is 1. The predicted octanol–water partition coefficient (Wildman–Crippen LogP) is 2.75. The van der Waals surface area contributed by atoms with Crippen LogP contribution in [0.5, 0.6) is 0 Å². The summed E-state index contributed by atoms with van der Waals surface area (Å²) in [5.41, 5.74) is 7.20. The molecule has 7 heteroatoms. The Morgan fingerprint density at radius 2 is 2.14 bits per heavy atom. The van der Waals surface area contributed by atoms with Gasteiger partial charge >= 0.3 is 0 Å². The molecule has 1 aliphatic rings. The number of fused-ring (bicyclic) bond motifs is 1. The van der Waals surface area contributed by atoms with Gasteiger partial charge in [-0.1, -0.05) is 0 Å². The number of aryl methyl sites for hydroxylation is 1. The smallest absolute Gasteiger partial charge is 0.274 e. The number of carbonyl (C=O) groups is 2. The predicted molar refractivity (Wildman–Crippen MR) is 84.8 cm³/mol. The number of nitrogens with zero attached hydrogens (tertiary/aromatic N) is 1. The standard InChI is InChI=1S/C14H12BrN3O2S/c15-7-4-5-9(17-6-7)13(20)18-14-11(12(16)19)8-2-1-3-10(8)21-14/h4-6H,1-3H2,(H2,16,19)(H,18,20). The van der Waals surface area contributed by atoms with Gasteiger partial charge in [-0.05, 0) is 52.9 Å². The molecular weight excluding hydrogens is 354 g/mol. The largest absolute Gasteiger partial charge is 0.365 e. The van der Waals surface area contributed by atoms with Crippen LogP contribution in [0.4, 0.5) is 5.00 Å². The molecule has 0 saturated heterocycles. The Kier molecular flexibility index (Phi) is 3.77. The van der Waals surface area contributed by atoms with Crippen molar-refractivity contribution in [1.82, 2.24) is 4.98 Å². The van der Waals surface area contributed by atoms with Gasteiger partial charge in [-0.15, -0.1) is 11.3 Å². The van der Waals surface area contributed by atoms with E-state index in [1.54, 1.807) is 18.3 Å². The van der Waals surface area contributed by atoms with Crippen molar-refractivity contribution in [2.75, 3.05) is 5.32 Å². The van der Waals surface area contributed by atoms with E-state index in [4.69, 9.17) is 5.73 Å². The molecule has 0 aromatic carbocycles. The van der Waals surface area contributed by atoms with Crippen molar-refractivity contribution in [2.24, 2.45) is 5.73 Å². The topological polar surface area (TPSA) is 85.1 Å². The van der Waals surface area contributed by atoms with Crippen LogP contribution in [0.25, 0.3) is 0 Å². The average molecular weight is 366 g/mol. The molecule has 2 aromatic rings. The number of pyridine rings is 1. The van der Waals surface area contributed by atoms with Crippen molar-refractivity contribution >= 4 is 44.1 Å². The number of hydrogen-bond donors (Lipinski definition) is 2. The number of aromatic nitrogens is 1. The number of carbonyl (C=O) groups excluding carboxylic acids is 2. The van der Waals surface area contributed by atoms with E-state index < -0.39 is 5.91 Å². The van der Waals surface area contributed by atoms with Gasteiger partial charge in [0.05, 0.1) is 5.56 Å². The molecule has 1 aliphatic carbocycles. The number of primary amides is 1. The fourth-order valence-electron chi connectivity index (χ4n) is 2.43. The summed E-state index contributed by atoms with van der Waals surface area (Å²) in [5.74, 6) is -0.835. The number of thiophene rings is 1. The van der Waals surface area contributed by atoms with Gasteiger partial charge in [0.15, 0.2) is 0 Å². The molecule has 2 aromatic heterocycles. The summed E-state index contributed by atoms with van der Waals surface area (Å²) in [4.78, 5) is 29.0. The van der Waals surface area contributed by atoms with Crippen LogP contribution in [0.2, 0.25) is 0 Å². The minimum absolute atomic E-state index is 0.294. The Labute approximate surface area is 133 Å². The lowest BCUT2D eigenvalue weighted by Gasteiger charge is -2.05. The summed E-state index contributed by atoms with van der Waals surface area (Å²) in [6.07, 6.45) is 4.37. The van der Waals surface area contributed by atoms with E-state index in [1.165, 1.54) is 11.3 Å². The fraction of sp³-hybridized carbons (Fsp3) is 0.214. The van der Waals surface area contributed by atoms with E-state index >= 15 is 0 Å². The lowest BCUT2D eigenvalue weighted by molar-refractivity contribution is 0.100. The number of hydrogen-bond acceptors (Lipinski definition) is 4. The summed E-state index contributed by atoms with van der Waals surface area (Å²) in [6, 6.07) is 3.36. The molecule has 2 amide bonds. The van der Waals surface area contributed by atoms with Crippen molar-refractivity contribution in [3.8, 4) is 0 Å². The Morgan fingerprint density at radius 1 is 1.33 bits per heavy atom. The van der Waals surface area contributed by atoms with Crippen molar-refractivity contribution in [3.63, 3.8) is 0 Å². The number of anilines is 1. The zero-order chi connectivity index (χ0) is 15.0. The number of rotatable bonds is 3. The highest BCUT2D eigenvalue weighted by Gasteiger charge is 2.26. The average Bonchev–Trinajstić information content (AvgIpc) is 2.98. The third-order valence-corrected chi connectivity index (χ3v) is 5.03. The zero-order valence-electron chi connectivity index (χ0n) is 11.0. The van der Waals surface area contributed by atoms with Crippen molar-refractivity contribution < 1.29 is 9.59 Å². The van der Waals surface area contributed by atoms with E-state index in [9.17, 15) is 9.59 Å². The Balaban J connectivity index is 1.90. The Morgan fingerprint density at radius 3 is 2.81 bits per heavy atom. The van der Waals surface area contributed by atoms with Crippen LogP contribution >= 0.6 is 27.3 Å². The van der Waals surface area contributed by atoms with Crippen LogP contribution < -0.4 is 11.1 Å². The van der Waals surface area contributed by atoms with E-state index in [0.717, 1.165) is 34.2 Å². The van der Waals surface area contributed by atoms with Crippen molar-refractivity contribution in [3.05, 3.63) is 44.5 Å². The molecule has 0 aliphatic heterocycles. The highest BCUT2D eigenvalue weighted by atomic mass is 79.9.